The Morgan fingerprint density at radius 1 is 1.44 bits per heavy atom. The summed E-state index contributed by atoms with van der Waals surface area (Å²) >= 11 is 1.50. The van der Waals surface area contributed by atoms with Gasteiger partial charge in [0, 0.05) is 19.7 Å². The molecule has 2 aromatic heterocycles. The quantitative estimate of drug-likeness (QED) is 0.674. The molecule has 1 amide bonds. The smallest absolute Gasteiger partial charge is 0.278 e. The maximum absolute atomic E-state index is 13.3. The van der Waals surface area contributed by atoms with Crippen LogP contribution in [0.25, 0.3) is 10.2 Å². The molecule has 3 aromatic rings. The van der Waals surface area contributed by atoms with Gasteiger partial charge in [-0.05, 0) is 38.0 Å². The molecule has 4 rings (SSSR count). The molecular weight excluding hydrogens is 364 g/mol. The first-order valence-corrected chi connectivity index (χ1v) is 9.75. The number of hydrogen-bond acceptors (Lipinski definition) is 6. The molecule has 0 radical (unpaired) electrons. The lowest BCUT2D eigenvalue weighted by Crippen LogP contribution is -2.38. The zero-order chi connectivity index (χ0) is 19.0. The van der Waals surface area contributed by atoms with Gasteiger partial charge >= 0.3 is 0 Å². The highest BCUT2D eigenvalue weighted by Gasteiger charge is 2.28. The summed E-state index contributed by atoms with van der Waals surface area (Å²) in [5, 5.41) is 4.97. The third-order valence-corrected chi connectivity index (χ3v) is 5.75. The maximum Gasteiger partial charge on any atom is 0.278 e. The van der Waals surface area contributed by atoms with Crippen molar-refractivity contribution in [2.24, 2.45) is 7.05 Å². The highest BCUT2D eigenvalue weighted by molar-refractivity contribution is 7.22. The van der Waals surface area contributed by atoms with Crippen LogP contribution < -0.4 is 9.64 Å². The van der Waals surface area contributed by atoms with Crippen LogP contribution in [0.15, 0.2) is 24.3 Å². The number of benzene rings is 1. The molecule has 0 spiro atoms. The van der Waals surface area contributed by atoms with Crippen LogP contribution in [-0.4, -0.2) is 47.0 Å². The van der Waals surface area contributed by atoms with Crippen LogP contribution in [0, 0.1) is 6.92 Å². The van der Waals surface area contributed by atoms with E-state index in [9.17, 15) is 4.79 Å². The van der Waals surface area contributed by atoms with E-state index in [1.54, 1.807) is 29.8 Å². The van der Waals surface area contributed by atoms with Crippen LogP contribution in [-0.2, 0) is 11.8 Å². The third kappa shape index (κ3) is 3.54. The number of aryl methyl sites for hydroxylation is 2. The van der Waals surface area contributed by atoms with E-state index < -0.39 is 0 Å². The Morgan fingerprint density at radius 2 is 2.30 bits per heavy atom. The van der Waals surface area contributed by atoms with Gasteiger partial charge in [-0.15, -0.1) is 0 Å². The Kier molecular flexibility index (Phi) is 4.84. The van der Waals surface area contributed by atoms with Crippen molar-refractivity contribution in [3.63, 3.8) is 0 Å². The van der Waals surface area contributed by atoms with Crippen molar-refractivity contribution in [1.29, 1.82) is 0 Å². The minimum atomic E-state index is -0.111. The second kappa shape index (κ2) is 7.28. The fourth-order valence-corrected chi connectivity index (χ4v) is 4.28. The monoisotopic (exact) mass is 386 g/mol. The van der Waals surface area contributed by atoms with Gasteiger partial charge in [0.15, 0.2) is 5.13 Å². The zero-order valence-corrected chi connectivity index (χ0v) is 16.5. The molecule has 27 heavy (non-hydrogen) atoms. The lowest BCUT2D eigenvalue weighted by molar-refractivity contribution is 0.0909. The summed E-state index contributed by atoms with van der Waals surface area (Å²) in [6.07, 6.45) is 2.01. The van der Waals surface area contributed by atoms with Gasteiger partial charge in [-0.1, -0.05) is 11.3 Å². The summed E-state index contributed by atoms with van der Waals surface area (Å²) in [5.74, 6) is 0.637. The number of fused-ring (bicyclic) bond motifs is 1. The van der Waals surface area contributed by atoms with Gasteiger partial charge in [0.05, 0.1) is 35.7 Å². The molecule has 1 saturated heterocycles. The van der Waals surface area contributed by atoms with Gasteiger partial charge in [-0.3, -0.25) is 14.4 Å². The topological polar surface area (TPSA) is 69.5 Å². The van der Waals surface area contributed by atoms with E-state index in [0.29, 0.717) is 17.4 Å². The molecule has 1 aromatic carbocycles. The SMILES string of the molecule is COc1ccc2sc(N(CC3CCCO3)C(=O)c3cc(C)nn3C)nc2c1. The van der Waals surface area contributed by atoms with Crippen LogP contribution in [0.4, 0.5) is 5.13 Å². The first kappa shape index (κ1) is 17.9. The highest BCUT2D eigenvalue weighted by Crippen LogP contribution is 2.32. The lowest BCUT2D eigenvalue weighted by atomic mass is 10.2. The number of thiazole rings is 1. The number of nitrogens with zero attached hydrogens (tertiary/aromatic N) is 4. The van der Waals surface area contributed by atoms with E-state index in [1.807, 2.05) is 25.1 Å². The number of ether oxygens (including phenoxy) is 2. The van der Waals surface area contributed by atoms with E-state index >= 15 is 0 Å². The van der Waals surface area contributed by atoms with Crippen molar-refractivity contribution in [1.82, 2.24) is 14.8 Å². The number of carbonyl (C=O) groups excluding carboxylic acids is 1. The first-order valence-electron chi connectivity index (χ1n) is 8.94. The Hall–Kier alpha value is -2.45. The highest BCUT2D eigenvalue weighted by atomic mass is 32.1. The van der Waals surface area contributed by atoms with Crippen molar-refractivity contribution < 1.29 is 14.3 Å². The van der Waals surface area contributed by atoms with Crippen molar-refractivity contribution in [3.8, 4) is 5.75 Å². The molecule has 1 aliphatic heterocycles. The van der Waals surface area contributed by atoms with Gasteiger partial charge in [0.1, 0.15) is 11.4 Å². The van der Waals surface area contributed by atoms with Gasteiger partial charge in [-0.2, -0.15) is 5.10 Å². The number of rotatable bonds is 5. The minimum absolute atomic E-state index is 0.0322. The molecule has 1 unspecified atom stereocenters. The number of amides is 1. The summed E-state index contributed by atoms with van der Waals surface area (Å²) in [6, 6.07) is 7.57. The Bertz CT molecular complexity index is 975. The molecule has 0 saturated carbocycles. The van der Waals surface area contributed by atoms with Gasteiger partial charge in [0.2, 0.25) is 0 Å². The fourth-order valence-electron chi connectivity index (χ4n) is 3.33. The van der Waals surface area contributed by atoms with E-state index in [4.69, 9.17) is 14.5 Å². The zero-order valence-electron chi connectivity index (χ0n) is 15.6. The predicted octanol–water partition coefficient (Wildman–Crippen LogP) is 3.17. The minimum Gasteiger partial charge on any atom is -0.497 e. The van der Waals surface area contributed by atoms with Gasteiger partial charge < -0.3 is 9.47 Å². The molecule has 142 valence electrons. The first-order chi connectivity index (χ1) is 13.0. The van der Waals surface area contributed by atoms with E-state index in [-0.39, 0.29) is 12.0 Å². The van der Waals surface area contributed by atoms with Crippen molar-refractivity contribution in [3.05, 3.63) is 35.7 Å². The maximum atomic E-state index is 13.3. The summed E-state index contributed by atoms with van der Waals surface area (Å²) in [6.45, 7) is 3.11. The van der Waals surface area contributed by atoms with E-state index in [1.165, 1.54) is 11.3 Å². The summed E-state index contributed by atoms with van der Waals surface area (Å²) < 4.78 is 13.7. The average molecular weight is 386 g/mol. The van der Waals surface area contributed by atoms with E-state index in [2.05, 4.69) is 5.10 Å². The molecule has 1 atom stereocenters. The normalized spacial score (nSPS) is 16.8. The molecule has 7 nitrogen and oxygen atoms in total. The van der Waals surface area contributed by atoms with Crippen LogP contribution in [0.1, 0.15) is 29.0 Å². The molecular formula is C19H22N4O3S. The molecule has 0 bridgehead atoms. The Labute approximate surface area is 161 Å². The lowest BCUT2D eigenvalue weighted by Gasteiger charge is -2.22. The van der Waals surface area contributed by atoms with Crippen LogP contribution in [0.2, 0.25) is 0 Å². The van der Waals surface area contributed by atoms with E-state index in [0.717, 1.165) is 41.1 Å². The van der Waals surface area contributed by atoms with Crippen LogP contribution in [0.3, 0.4) is 0 Å². The molecule has 0 aliphatic carbocycles. The molecule has 0 N–H and O–H groups in total. The van der Waals surface area contributed by atoms with Crippen molar-refractivity contribution in [2.75, 3.05) is 25.2 Å². The molecule has 1 aliphatic rings. The number of carbonyl (C=O) groups is 1. The van der Waals surface area contributed by atoms with Crippen molar-refractivity contribution in [2.45, 2.75) is 25.9 Å². The summed E-state index contributed by atoms with van der Waals surface area (Å²) in [7, 11) is 3.42. The number of methoxy groups -OCH3 is 1. The number of aromatic nitrogens is 3. The van der Waals surface area contributed by atoms with Gasteiger partial charge in [-0.25, -0.2) is 4.98 Å². The Balaban J connectivity index is 1.72. The second-order valence-electron chi connectivity index (χ2n) is 6.68. The standard InChI is InChI=1S/C19H22N4O3S/c1-12-9-16(22(2)21-12)18(24)23(11-14-5-4-8-26-14)19-20-15-10-13(25-3)6-7-17(15)27-19/h6-7,9-10,14H,4-5,8,11H2,1-3H3. The van der Waals surface area contributed by atoms with Crippen molar-refractivity contribution >= 4 is 32.6 Å². The summed E-state index contributed by atoms with van der Waals surface area (Å²) in [4.78, 5) is 19.7. The number of hydrogen-bond donors (Lipinski definition) is 0. The number of anilines is 1. The second-order valence-corrected chi connectivity index (χ2v) is 7.68. The van der Waals surface area contributed by atoms with Crippen LogP contribution in [0.5, 0.6) is 5.75 Å². The summed E-state index contributed by atoms with van der Waals surface area (Å²) in [5.41, 5.74) is 2.18. The fraction of sp³-hybridized carbons (Fsp3) is 0.421. The molecule has 8 heteroatoms. The Morgan fingerprint density at radius 3 is 2.96 bits per heavy atom. The average Bonchev–Trinajstić information content (AvgIpc) is 3.37. The molecule has 3 heterocycles. The van der Waals surface area contributed by atoms with Crippen LogP contribution >= 0.6 is 11.3 Å². The predicted molar refractivity (Wildman–Crippen MR) is 105 cm³/mol. The van der Waals surface area contributed by atoms with Gasteiger partial charge in [0.25, 0.3) is 5.91 Å². The molecule has 1 fully saturated rings. The third-order valence-electron chi connectivity index (χ3n) is 4.69. The largest absolute Gasteiger partial charge is 0.497 e.